The molecule has 0 saturated heterocycles. The molecule has 78 valence electrons. The summed E-state index contributed by atoms with van der Waals surface area (Å²) in [6, 6.07) is 4.12. The molecular formula is C12H20N2. The normalized spacial score (nSPS) is 11.4. The molecule has 1 aromatic heterocycles. The lowest BCUT2D eigenvalue weighted by atomic mass is 9.96. The van der Waals surface area contributed by atoms with Crippen LogP contribution in [0.3, 0.4) is 0 Å². The third kappa shape index (κ3) is 2.72. The number of anilines is 1. The van der Waals surface area contributed by atoms with Crippen molar-refractivity contribution < 1.29 is 0 Å². The van der Waals surface area contributed by atoms with Crippen LogP contribution in [-0.4, -0.2) is 10.5 Å². The van der Waals surface area contributed by atoms with Crippen LogP contribution in [0.1, 0.15) is 39.2 Å². The van der Waals surface area contributed by atoms with Crippen LogP contribution < -0.4 is 5.32 Å². The molecule has 0 aliphatic carbocycles. The summed E-state index contributed by atoms with van der Waals surface area (Å²) >= 11 is 0. The Hall–Kier alpha value is -1.05. The fraction of sp³-hybridized carbons (Fsp3) is 0.583. The monoisotopic (exact) mass is 192 g/mol. The molecule has 1 aromatic rings. The molecule has 0 bridgehead atoms. The second-order valence-corrected chi connectivity index (χ2v) is 4.11. The highest BCUT2D eigenvalue weighted by molar-refractivity contribution is 5.38. The maximum Gasteiger partial charge on any atom is 0.126 e. The van der Waals surface area contributed by atoms with Gasteiger partial charge in [0.2, 0.25) is 0 Å². The molecule has 1 N–H and O–H groups in total. The van der Waals surface area contributed by atoms with E-state index in [1.807, 2.05) is 12.3 Å². The van der Waals surface area contributed by atoms with Crippen LogP contribution in [-0.2, 0) is 0 Å². The van der Waals surface area contributed by atoms with Gasteiger partial charge in [0.1, 0.15) is 5.82 Å². The van der Waals surface area contributed by atoms with Crippen molar-refractivity contribution in [2.24, 2.45) is 0 Å². The molecule has 2 heteroatoms. The van der Waals surface area contributed by atoms with Crippen molar-refractivity contribution in [3.05, 3.63) is 23.9 Å². The first-order valence-corrected chi connectivity index (χ1v) is 5.30. The van der Waals surface area contributed by atoms with Gasteiger partial charge in [-0.3, -0.25) is 0 Å². The first-order chi connectivity index (χ1) is 6.59. The summed E-state index contributed by atoms with van der Waals surface area (Å²) in [6.07, 6.45) is 4.12. The van der Waals surface area contributed by atoms with E-state index in [4.69, 9.17) is 0 Å². The molecule has 0 spiro atoms. The summed E-state index contributed by atoms with van der Waals surface area (Å²) in [5.74, 6) is 0.974. The van der Waals surface area contributed by atoms with Crippen molar-refractivity contribution in [1.29, 1.82) is 0 Å². The van der Waals surface area contributed by atoms with Gasteiger partial charge in [-0.1, -0.05) is 19.9 Å². The average Bonchev–Trinajstić information content (AvgIpc) is 2.21. The van der Waals surface area contributed by atoms with E-state index in [1.165, 1.54) is 5.56 Å². The number of hydrogen-bond donors (Lipinski definition) is 1. The molecule has 0 radical (unpaired) electrons. The van der Waals surface area contributed by atoms with Gasteiger partial charge in [-0.15, -0.1) is 0 Å². The first-order valence-electron chi connectivity index (χ1n) is 5.30. The molecule has 1 rings (SSSR count). The largest absolute Gasteiger partial charge is 0.365 e. The maximum absolute atomic E-state index is 4.35. The molecule has 2 nitrogen and oxygen atoms in total. The van der Waals surface area contributed by atoms with Gasteiger partial charge in [0.15, 0.2) is 0 Å². The highest BCUT2D eigenvalue weighted by atomic mass is 15.0. The van der Waals surface area contributed by atoms with Gasteiger partial charge in [0.25, 0.3) is 0 Å². The van der Waals surface area contributed by atoms with Gasteiger partial charge in [-0.2, -0.15) is 0 Å². The lowest BCUT2D eigenvalue weighted by Crippen LogP contribution is -2.33. The molecule has 0 saturated carbocycles. The summed E-state index contributed by atoms with van der Waals surface area (Å²) in [6.45, 7) is 8.68. The first kappa shape index (κ1) is 11.0. The summed E-state index contributed by atoms with van der Waals surface area (Å²) in [4.78, 5) is 4.35. The molecular weight excluding hydrogens is 172 g/mol. The van der Waals surface area contributed by atoms with Crippen LogP contribution in [0.5, 0.6) is 0 Å². The molecule has 0 aromatic carbocycles. The van der Waals surface area contributed by atoms with E-state index in [-0.39, 0.29) is 5.54 Å². The number of rotatable bonds is 4. The zero-order valence-corrected chi connectivity index (χ0v) is 9.59. The van der Waals surface area contributed by atoms with Crippen molar-refractivity contribution >= 4 is 5.82 Å². The Bertz CT molecular complexity index is 273. The van der Waals surface area contributed by atoms with E-state index in [1.54, 1.807) is 0 Å². The van der Waals surface area contributed by atoms with Crippen molar-refractivity contribution in [2.75, 3.05) is 5.32 Å². The topological polar surface area (TPSA) is 24.9 Å². The number of hydrogen-bond acceptors (Lipinski definition) is 2. The maximum atomic E-state index is 4.35. The standard InChI is InChI=1S/C12H20N2/c1-5-12(4,6-2)14-11-8-7-10(3)9-13-11/h7-9H,5-6H2,1-4H3,(H,13,14). The van der Waals surface area contributed by atoms with E-state index in [2.05, 4.69) is 44.1 Å². The Balaban J connectivity index is 2.72. The Kier molecular flexibility index (Phi) is 3.50. The Morgan fingerprint density at radius 3 is 2.36 bits per heavy atom. The molecule has 0 aliphatic rings. The van der Waals surface area contributed by atoms with Crippen molar-refractivity contribution in [2.45, 2.75) is 46.1 Å². The molecule has 1 heterocycles. The number of aryl methyl sites for hydroxylation is 1. The van der Waals surface area contributed by atoms with Crippen LogP contribution in [0.15, 0.2) is 18.3 Å². The molecule has 0 fully saturated rings. The minimum absolute atomic E-state index is 0.169. The van der Waals surface area contributed by atoms with Crippen molar-refractivity contribution in [1.82, 2.24) is 4.98 Å². The Labute approximate surface area is 86.8 Å². The zero-order valence-electron chi connectivity index (χ0n) is 9.59. The summed E-state index contributed by atoms with van der Waals surface area (Å²) < 4.78 is 0. The fourth-order valence-corrected chi connectivity index (χ4v) is 1.28. The van der Waals surface area contributed by atoms with Crippen LogP contribution in [0.4, 0.5) is 5.82 Å². The predicted octanol–water partition coefficient (Wildman–Crippen LogP) is 3.38. The van der Waals surface area contributed by atoms with Gasteiger partial charge in [-0.25, -0.2) is 4.98 Å². The highest BCUT2D eigenvalue weighted by Crippen LogP contribution is 2.19. The van der Waals surface area contributed by atoms with Crippen LogP contribution in [0, 0.1) is 6.92 Å². The van der Waals surface area contributed by atoms with Crippen molar-refractivity contribution in [3.8, 4) is 0 Å². The van der Waals surface area contributed by atoms with Gasteiger partial charge in [0, 0.05) is 11.7 Å². The second kappa shape index (κ2) is 4.45. The number of pyridine rings is 1. The Morgan fingerprint density at radius 1 is 1.29 bits per heavy atom. The minimum Gasteiger partial charge on any atom is -0.365 e. The minimum atomic E-state index is 0.169. The Morgan fingerprint density at radius 2 is 1.93 bits per heavy atom. The molecule has 0 atom stereocenters. The summed E-state index contributed by atoms with van der Waals surface area (Å²) in [7, 11) is 0. The van der Waals surface area contributed by atoms with Gasteiger partial charge < -0.3 is 5.32 Å². The van der Waals surface area contributed by atoms with Crippen LogP contribution >= 0.6 is 0 Å². The lowest BCUT2D eigenvalue weighted by Gasteiger charge is -2.28. The van der Waals surface area contributed by atoms with E-state index in [0.29, 0.717) is 0 Å². The summed E-state index contributed by atoms with van der Waals surface area (Å²) in [5, 5.41) is 3.47. The molecule has 0 amide bonds. The number of nitrogens with one attached hydrogen (secondary N) is 1. The van der Waals surface area contributed by atoms with Gasteiger partial charge in [-0.05, 0) is 38.3 Å². The van der Waals surface area contributed by atoms with Gasteiger partial charge in [0.05, 0.1) is 0 Å². The summed E-state index contributed by atoms with van der Waals surface area (Å²) in [5.41, 5.74) is 1.37. The van der Waals surface area contributed by atoms with Gasteiger partial charge >= 0.3 is 0 Å². The van der Waals surface area contributed by atoms with Crippen LogP contribution in [0.25, 0.3) is 0 Å². The van der Waals surface area contributed by atoms with Crippen molar-refractivity contribution in [3.63, 3.8) is 0 Å². The molecule has 0 aliphatic heterocycles. The van der Waals surface area contributed by atoms with E-state index < -0.39 is 0 Å². The smallest absolute Gasteiger partial charge is 0.126 e. The second-order valence-electron chi connectivity index (χ2n) is 4.11. The fourth-order valence-electron chi connectivity index (χ4n) is 1.28. The quantitative estimate of drug-likeness (QED) is 0.791. The van der Waals surface area contributed by atoms with E-state index >= 15 is 0 Å². The van der Waals surface area contributed by atoms with E-state index in [0.717, 1.165) is 18.7 Å². The SMILES string of the molecule is CCC(C)(CC)Nc1ccc(C)cn1. The number of nitrogens with zero attached hydrogens (tertiary/aromatic N) is 1. The molecule has 0 unspecified atom stereocenters. The number of aromatic nitrogens is 1. The average molecular weight is 192 g/mol. The third-order valence-corrected chi connectivity index (χ3v) is 2.90. The van der Waals surface area contributed by atoms with Crippen LogP contribution in [0.2, 0.25) is 0 Å². The van der Waals surface area contributed by atoms with E-state index in [9.17, 15) is 0 Å². The third-order valence-electron chi connectivity index (χ3n) is 2.90. The lowest BCUT2D eigenvalue weighted by molar-refractivity contribution is 0.477. The highest BCUT2D eigenvalue weighted by Gasteiger charge is 2.18. The molecule has 14 heavy (non-hydrogen) atoms. The predicted molar refractivity (Wildman–Crippen MR) is 61.6 cm³/mol. The zero-order chi connectivity index (χ0) is 10.6.